The SMILES string of the molecule is CC(C)(C#N)/N=N/C(C)(C#N)CCC(=O)OC/C=C/[Si](Cl)(Cl)Cl. The molecule has 1 unspecified atom stereocenters. The molecule has 0 aliphatic carbocycles. The Kier molecular flexibility index (Phi) is 8.79. The van der Waals surface area contributed by atoms with Crippen LogP contribution in [-0.2, 0) is 9.53 Å². The second kappa shape index (κ2) is 9.24. The minimum absolute atomic E-state index is 0.00794. The summed E-state index contributed by atoms with van der Waals surface area (Å²) in [5.74, 6) is -0.503. The predicted molar refractivity (Wildman–Crippen MR) is 91.2 cm³/mol. The van der Waals surface area contributed by atoms with Crippen LogP contribution in [0.1, 0.15) is 33.6 Å². The molecule has 0 aliphatic heterocycles. The molecule has 0 fully saturated rings. The monoisotopic (exact) mass is 394 g/mol. The molecule has 0 radical (unpaired) electrons. The van der Waals surface area contributed by atoms with Crippen LogP contribution < -0.4 is 0 Å². The highest BCUT2D eigenvalue weighted by Crippen LogP contribution is 2.21. The van der Waals surface area contributed by atoms with Gasteiger partial charge >= 0.3 is 12.0 Å². The number of hydrogen-bond donors (Lipinski definition) is 0. The summed E-state index contributed by atoms with van der Waals surface area (Å²) < 4.78 is 4.93. The molecule has 0 aromatic carbocycles. The predicted octanol–water partition coefficient (Wildman–Crippen LogP) is 4.10. The largest absolute Gasteiger partial charge is 0.461 e. The highest BCUT2D eigenvalue weighted by atomic mass is 35.8. The molecule has 0 heterocycles. The number of azo groups is 1. The zero-order valence-corrected chi connectivity index (χ0v) is 16.3. The number of nitrogens with zero attached hydrogens (tertiary/aromatic N) is 4. The molecule has 0 aliphatic rings. The number of carbonyl (C=O) groups is 1. The van der Waals surface area contributed by atoms with Gasteiger partial charge in [-0.3, -0.25) is 4.79 Å². The van der Waals surface area contributed by atoms with E-state index >= 15 is 0 Å². The summed E-state index contributed by atoms with van der Waals surface area (Å²) in [5.41, 5.74) is -0.819. The van der Waals surface area contributed by atoms with Crippen molar-refractivity contribution < 1.29 is 9.53 Å². The molecular formula is C13H17Cl3N4O2Si. The minimum atomic E-state index is -2.87. The van der Waals surface area contributed by atoms with Gasteiger partial charge < -0.3 is 4.74 Å². The third-order valence-corrected chi connectivity index (χ3v) is 4.25. The van der Waals surface area contributed by atoms with E-state index in [9.17, 15) is 10.1 Å². The Labute approximate surface area is 150 Å². The van der Waals surface area contributed by atoms with Crippen molar-refractivity contribution >= 4 is 45.2 Å². The van der Waals surface area contributed by atoms with E-state index in [1.165, 1.54) is 18.7 Å². The molecule has 1 atom stereocenters. The molecule has 23 heavy (non-hydrogen) atoms. The van der Waals surface area contributed by atoms with Crippen molar-refractivity contribution in [1.82, 2.24) is 0 Å². The molecule has 0 N–H and O–H groups in total. The average molecular weight is 396 g/mol. The van der Waals surface area contributed by atoms with E-state index in [1.807, 2.05) is 12.1 Å². The lowest BCUT2D eigenvalue weighted by atomic mass is 9.99. The van der Waals surface area contributed by atoms with E-state index in [-0.39, 0.29) is 19.4 Å². The summed E-state index contributed by atoms with van der Waals surface area (Å²) in [6, 6.07) is 1.06. The maximum Gasteiger partial charge on any atom is 0.365 e. The first kappa shape index (κ1) is 21.9. The molecule has 10 heteroatoms. The van der Waals surface area contributed by atoms with E-state index in [4.69, 9.17) is 43.2 Å². The molecule has 0 bridgehead atoms. The number of esters is 1. The minimum Gasteiger partial charge on any atom is -0.461 e. The number of ether oxygens (including phenoxy) is 1. The van der Waals surface area contributed by atoms with Crippen LogP contribution in [0.2, 0.25) is 0 Å². The van der Waals surface area contributed by atoms with Crippen molar-refractivity contribution in [2.45, 2.75) is 44.7 Å². The first-order valence-corrected chi connectivity index (χ1v) is 11.7. The van der Waals surface area contributed by atoms with E-state index in [0.717, 1.165) is 0 Å². The van der Waals surface area contributed by atoms with Crippen LogP contribution in [0.5, 0.6) is 0 Å². The number of hydrogen-bond acceptors (Lipinski definition) is 6. The quantitative estimate of drug-likeness (QED) is 0.267. The molecule has 0 saturated heterocycles. The fourth-order valence-corrected chi connectivity index (χ4v) is 2.29. The fourth-order valence-electron chi connectivity index (χ4n) is 1.13. The Bertz CT molecular complexity index is 561. The Balaban J connectivity index is 4.46. The van der Waals surface area contributed by atoms with Crippen LogP contribution in [0.15, 0.2) is 22.0 Å². The molecule has 126 valence electrons. The molecule has 6 nitrogen and oxygen atoms in total. The van der Waals surface area contributed by atoms with Crippen LogP contribution >= 0.6 is 33.2 Å². The maximum atomic E-state index is 11.6. The lowest BCUT2D eigenvalue weighted by Gasteiger charge is -2.16. The van der Waals surface area contributed by atoms with Crippen molar-refractivity contribution in [1.29, 1.82) is 10.5 Å². The third kappa shape index (κ3) is 11.1. The van der Waals surface area contributed by atoms with Gasteiger partial charge in [-0.2, -0.15) is 20.8 Å². The van der Waals surface area contributed by atoms with Gasteiger partial charge in [0.15, 0.2) is 11.1 Å². The summed E-state index contributed by atoms with van der Waals surface area (Å²) in [5, 5.41) is 25.8. The molecule has 0 saturated carbocycles. The zero-order chi connectivity index (χ0) is 18.1. The number of nitriles is 2. The summed E-state index contributed by atoms with van der Waals surface area (Å²) in [6.45, 7) is 4.67. The molecule has 0 rings (SSSR count). The van der Waals surface area contributed by atoms with Crippen LogP contribution in [-0.4, -0.2) is 29.7 Å². The van der Waals surface area contributed by atoms with Crippen LogP contribution in [0.25, 0.3) is 0 Å². The van der Waals surface area contributed by atoms with Crippen molar-refractivity contribution in [3.63, 3.8) is 0 Å². The van der Waals surface area contributed by atoms with Gasteiger partial charge in [-0.05, 0) is 27.2 Å². The summed E-state index contributed by atoms with van der Waals surface area (Å²) in [7, 11) is 0. The zero-order valence-electron chi connectivity index (χ0n) is 13.0. The normalized spacial score (nSPS) is 15.1. The highest BCUT2D eigenvalue weighted by molar-refractivity contribution is 7.66. The molecular weight excluding hydrogens is 379 g/mol. The Morgan fingerprint density at radius 1 is 1.22 bits per heavy atom. The van der Waals surface area contributed by atoms with E-state index in [1.54, 1.807) is 13.8 Å². The lowest BCUT2D eigenvalue weighted by Crippen LogP contribution is -2.23. The topological polar surface area (TPSA) is 98.6 Å². The van der Waals surface area contributed by atoms with Crippen LogP contribution in [0, 0.1) is 22.7 Å². The fraction of sp³-hybridized carbons (Fsp3) is 0.615. The Hall–Kier alpha value is -1.12. The van der Waals surface area contributed by atoms with Crippen molar-refractivity contribution in [2.24, 2.45) is 10.2 Å². The van der Waals surface area contributed by atoms with Gasteiger partial charge in [0, 0.05) is 6.42 Å². The van der Waals surface area contributed by atoms with Gasteiger partial charge in [0.1, 0.15) is 6.61 Å². The highest BCUT2D eigenvalue weighted by Gasteiger charge is 2.27. The lowest BCUT2D eigenvalue weighted by molar-refractivity contribution is -0.142. The number of carbonyl (C=O) groups excluding carboxylic acids is 1. The van der Waals surface area contributed by atoms with Crippen molar-refractivity contribution in [3.05, 3.63) is 11.8 Å². The van der Waals surface area contributed by atoms with E-state index < -0.39 is 23.1 Å². The van der Waals surface area contributed by atoms with Gasteiger partial charge in [0.25, 0.3) is 0 Å². The van der Waals surface area contributed by atoms with Crippen LogP contribution in [0.3, 0.4) is 0 Å². The number of halogens is 3. The van der Waals surface area contributed by atoms with Gasteiger partial charge in [0.2, 0.25) is 0 Å². The summed E-state index contributed by atoms with van der Waals surface area (Å²) in [6.07, 6.45) is 1.57. The standard InChI is InChI=1S/C13H17Cl3N4O2Si/c1-12(2,9-17)19-20-13(3,10-18)6-5-11(21)22-7-4-8-23(14,15)16/h4,8H,5-7H2,1-3H3/b8-4+,20-19+. The second-order valence-electron chi connectivity index (χ2n) is 5.38. The third-order valence-electron chi connectivity index (χ3n) is 2.50. The van der Waals surface area contributed by atoms with Gasteiger partial charge in [-0.1, -0.05) is 11.8 Å². The Morgan fingerprint density at radius 3 is 2.30 bits per heavy atom. The van der Waals surface area contributed by atoms with Gasteiger partial charge in [-0.25, -0.2) is 0 Å². The molecule has 0 amide bonds. The Morgan fingerprint density at radius 2 is 1.83 bits per heavy atom. The molecule has 0 aromatic heterocycles. The smallest absolute Gasteiger partial charge is 0.365 e. The van der Waals surface area contributed by atoms with Crippen LogP contribution in [0.4, 0.5) is 0 Å². The second-order valence-corrected chi connectivity index (χ2v) is 13.9. The van der Waals surface area contributed by atoms with E-state index in [2.05, 4.69) is 10.2 Å². The summed E-state index contributed by atoms with van der Waals surface area (Å²) in [4.78, 5) is 11.6. The maximum absolute atomic E-state index is 11.6. The van der Waals surface area contributed by atoms with Gasteiger partial charge in [-0.15, -0.1) is 33.2 Å². The van der Waals surface area contributed by atoms with E-state index in [0.29, 0.717) is 0 Å². The first-order chi connectivity index (χ1) is 10.4. The van der Waals surface area contributed by atoms with Crippen molar-refractivity contribution in [3.8, 4) is 12.1 Å². The average Bonchev–Trinajstić information content (AvgIpc) is 2.47. The van der Waals surface area contributed by atoms with Crippen molar-refractivity contribution in [2.75, 3.05) is 6.61 Å². The first-order valence-electron chi connectivity index (χ1n) is 6.60. The van der Waals surface area contributed by atoms with Gasteiger partial charge in [0.05, 0.1) is 12.1 Å². The number of rotatable bonds is 8. The summed E-state index contributed by atoms with van der Waals surface area (Å²) >= 11 is 16.9. The molecule has 0 spiro atoms. The molecule has 0 aromatic rings.